The number of anilines is 2. The van der Waals surface area contributed by atoms with Crippen molar-refractivity contribution in [3.63, 3.8) is 0 Å². The fraction of sp³-hybridized carbons (Fsp3) is 0.130. The SMILES string of the molecule is COc1ccc(NC(=O)c2ccccc2NC(=O)CCNS(=O)(=O)c2ccc([N+](=O)[O-])cc2)cc1. The van der Waals surface area contributed by atoms with Crippen LogP contribution in [0.1, 0.15) is 16.8 Å². The Morgan fingerprint density at radius 1 is 0.943 bits per heavy atom. The lowest BCUT2D eigenvalue weighted by atomic mass is 10.1. The van der Waals surface area contributed by atoms with Gasteiger partial charge in [0.15, 0.2) is 0 Å². The third kappa shape index (κ3) is 6.85. The molecule has 0 aliphatic heterocycles. The summed E-state index contributed by atoms with van der Waals surface area (Å²) in [7, 11) is -2.42. The zero-order valence-electron chi connectivity index (χ0n) is 18.6. The Morgan fingerprint density at radius 3 is 2.23 bits per heavy atom. The van der Waals surface area contributed by atoms with E-state index in [1.807, 2.05) is 0 Å². The van der Waals surface area contributed by atoms with E-state index < -0.39 is 26.8 Å². The maximum Gasteiger partial charge on any atom is 0.269 e. The first-order valence-electron chi connectivity index (χ1n) is 10.3. The monoisotopic (exact) mass is 498 g/mol. The van der Waals surface area contributed by atoms with Crippen molar-refractivity contribution in [1.29, 1.82) is 0 Å². The molecule has 0 radical (unpaired) electrons. The molecule has 35 heavy (non-hydrogen) atoms. The van der Waals surface area contributed by atoms with E-state index in [1.54, 1.807) is 48.5 Å². The van der Waals surface area contributed by atoms with Gasteiger partial charge in [-0.25, -0.2) is 13.1 Å². The second-order valence-electron chi connectivity index (χ2n) is 7.18. The highest BCUT2D eigenvalue weighted by Crippen LogP contribution is 2.20. The summed E-state index contributed by atoms with van der Waals surface area (Å²) in [6, 6.07) is 17.5. The first-order valence-corrected chi connectivity index (χ1v) is 11.8. The Balaban J connectivity index is 1.58. The van der Waals surface area contributed by atoms with Gasteiger partial charge in [0, 0.05) is 30.8 Å². The van der Waals surface area contributed by atoms with E-state index in [1.165, 1.54) is 7.11 Å². The summed E-state index contributed by atoms with van der Waals surface area (Å²) in [6.07, 6.45) is -0.208. The molecule has 0 aliphatic carbocycles. The van der Waals surface area contributed by atoms with Gasteiger partial charge in [-0.3, -0.25) is 19.7 Å². The zero-order chi connectivity index (χ0) is 25.4. The van der Waals surface area contributed by atoms with E-state index >= 15 is 0 Å². The van der Waals surface area contributed by atoms with E-state index in [0.717, 1.165) is 24.3 Å². The lowest BCUT2D eigenvalue weighted by Gasteiger charge is -2.12. The van der Waals surface area contributed by atoms with Gasteiger partial charge in [-0.15, -0.1) is 0 Å². The highest BCUT2D eigenvalue weighted by molar-refractivity contribution is 7.89. The van der Waals surface area contributed by atoms with E-state index in [-0.39, 0.29) is 34.8 Å². The molecule has 3 aromatic rings. The van der Waals surface area contributed by atoms with Gasteiger partial charge in [0.1, 0.15) is 5.75 Å². The number of para-hydroxylation sites is 1. The number of nitro groups is 1. The highest BCUT2D eigenvalue weighted by Gasteiger charge is 2.17. The molecule has 182 valence electrons. The van der Waals surface area contributed by atoms with Gasteiger partial charge >= 0.3 is 0 Å². The molecule has 3 rings (SSSR count). The number of carbonyl (C=O) groups excluding carboxylic acids is 2. The van der Waals surface area contributed by atoms with Gasteiger partial charge in [-0.05, 0) is 48.5 Å². The molecule has 11 nitrogen and oxygen atoms in total. The van der Waals surface area contributed by atoms with Gasteiger partial charge < -0.3 is 15.4 Å². The van der Waals surface area contributed by atoms with Crippen LogP contribution in [0.2, 0.25) is 0 Å². The van der Waals surface area contributed by atoms with Crippen molar-refractivity contribution in [2.45, 2.75) is 11.3 Å². The Morgan fingerprint density at radius 2 is 1.60 bits per heavy atom. The average molecular weight is 499 g/mol. The van der Waals surface area contributed by atoms with Crippen molar-refractivity contribution in [1.82, 2.24) is 4.72 Å². The van der Waals surface area contributed by atoms with Crippen LogP contribution >= 0.6 is 0 Å². The normalized spacial score (nSPS) is 10.9. The summed E-state index contributed by atoms with van der Waals surface area (Å²) in [6.45, 7) is -0.217. The van der Waals surface area contributed by atoms with Gasteiger partial charge in [-0.2, -0.15) is 0 Å². The number of hydrogen-bond donors (Lipinski definition) is 3. The van der Waals surface area contributed by atoms with Gasteiger partial charge in [0.05, 0.1) is 28.2 Å². The number of ether oxygens (including phenoxy) is 1. The second-order valence-corrected chi connectivity index (χ2v) is 8.94. The van der Waals surface area contributed by atoms with Crippen LogP contribution in [0.5, 0.6) is 5.75 Å². The molecule has 3 aromatic carbocycles. The number of nitro benzene ring substituents is 1. The molecule has 0 unspecified atom stereocenters. The lowest BCUT2D eigenvalue weighted by molar-refractivity contribution is -0.384. The predicted molar refractivity (Wildman–Crippen MR) is 129 cm³/mol. The maximum atomic E-state index is 12.7. The number of hydrogen-bond acceptors (Lipinski definition) is 7. The van der Waals surface area contributed by atoms with Crippen LogP contribution in [0.4, 0.5) is 17.1 Å². The minimum absolute atomic E-state index is 0.163. The van der Waals surface area contributed by atoms with E-state index in [4.69, 9.17) is 4.74 Å². The molecule has 0 aliphatic rings. The summed E-state index contributed by atoms with van der Waals surface area (Å²) >= 11 is 0. The van der Waals surface area contributed by atoms with E-state index in [0.29, 0.717) is 11.4 Å². The fourth-order valence-corrected chi connectivity index (χ4v) is 4.04. The van der Waals surface area contributed by atoms with Gasteiger partial charge in [0.25, 0.3) is 11.6 Å². The first kappa shape index (κ1) is 25.3. The number of non-ortho nitro benzene ring substituents is 1. The van der Waals surface area contributed by atoms with Crippen LogP contribution in [-0.4, -0.2) is 38.8 Å². The highest BCUT2D eigenvalue weighted by atomic mass is 32.2. The van der Waals surface area contributed by atoms with Crippen molar-refractivity contribution in [3.05, 3.63) is 88.5 Å². The molecule has 3 N–H and O–H groups in total. The van der Waals surface area contributed by atoms with Crippen LogP contribution in [0.25, 0.3) is 0 Å². The van der Waals surface area contributed by atoms with Crippen molar-refractivity contribution < 1.29 is 27.7 Å². The summed E-state index contributed by atoms with van der Waals surface area (Å²) in [4.78, 5) is 35.0. The Labute approximate surface area is 201 Å². The van der Waals surface area contributed by atoms with Crippen molar-refractivity contribution in [3.8, 4) is 5.75 Å². The molecule has 0 heterocycles. The third-order valence-corrected chi connectivity index (χ3v) is 6.27. The number of nitrogens with zero attached hydrogens (tertiary/aromatic N) is 1. The summed E-state index contributed by atoms with van der Waals surface area (Å²) < 4.78 is 32.0. The average Bonchev–Trinajstić information content (AvgIpc) is 2.84. The number of rotatable bonds is 10. The minimum atomic E-state index is -3.96. The molecule has 0 bridgehead atoms. The van der Waals surface area contributed by atoms with Crippen LogP contribution in [0.3, 0.4) is 0 Å². The standard InChI is InChI=1S/C23H22N4O7S/c1-34-18-10-6-16(7-11-18)25-23(29)20-4-2-3-5-21(20)26-22(28)14-15-24-35(32,33)19-12-8-17(9-13-19)27(30)31/h2-13,24H,14-15H2,1H3,(H,25,29)(H,26,28). The van der Waals surface area contributed by atoms with Crippen molar-refractivity contribution in [2.24, 2.45) is 0 Å². The third-order valence-electron chi connectivity index (χ3n) is 4.80. The van der Waals surface area contributed by atoms with Crippen molar-refractivity contribution >= 4 is 38.9 Å². The number of sulfonamides is 1. The number of nitrogens with one attached hydrogen (secondary N) is 3. The molecule has 0 saturated carbocycles. The summed E-state index contributed by atoms with van der Waals surface area (Å²) in [5.41, 5.74) is 0.792. The number of methoxy groups -OCH3 is 1. The Hall–Kier alpha value is -4.29. The first-order chi connectivity index (χ1) is 16.7. The molecule has 0 aromatic heterocycles. The van der Waals surface area contributed by atoms with Gasteiger partial charge in [-0.1, -0.05) is 12.1 Å². The second kappa shape index (κ2) is 11.2. The van der Waals surface area contributed by atoms with E-state index in [9.17, 15) is 28.1 Å². The maximum absolute atomic E-state index is 12.7. The number of carbonyl (C=O) groups is 2. The predicted octanol–water partition coefficient (Wildman–Crippen LogP) is 3.16. The molecule has 0 fully saturated rings. The van der Waals surface area contributed by atoms with Crippen molar-refractivity contribution in [2.75, 3.05) is 24.3 Å². The molecule has 2 amide bonds. The van der Waals surface area contributed by atoms with E-state index in [2.05, 4.69) is 15.4 Å². The molecule has 0 atom stereocenters. The lowest BCUT2D eigenvalue weighted by Crippen LogP contribution is -2.28. The van der Waals surface area contributed by atoms with Crippen LogP contribution < -0.4 is 20.1 Å². The van der Waals surface area contributed by atoms with Crippen LogP contribution in [-0.2, 0) is 14.8 Å². The number of benzene rings is 3. The molecule has 12 heteroatoms. The molecule has 0 saturated heterocycles. The largest absolute Gasteiger partial charge is 0.497 e. The minimum Gasteiger partial charge on any atom is -0.497 e. The zero-order valence-corrected chi connectivity index (χ0v) is 19.4. The molecule has 0 spiro atoms. The number of amides is 2. The van der Waals surface area contributed by atoms with Crippen LogP contribution in [0.15, 0.2) is 77.7 Å². The molecular weight excluding hydrogens is 476 g/mol. The topological polar surface area (TPSA) is 157 Å². The van der Waals surface area contributed by atoms with Gasteiger partial charge in [0.2, 0.25) is 15.9 Å². The summed E-state index contributed by atoms with van der Waals surface area (Å²) in [5.74, 6) is -0.314. The Kier molecular flexibility index (Phi) is 8.12. The Bertz CT molecular complexity index is 1320. The van der Waals surface area contributed by atoms with Crippen LogP contribution in [0, 0.1) is 10.1 Å². The summed E-state index contributed by atoms with van der Waals surface area (Å²) in [5, 5.41) is 16.1. The smallest absolute Gasteiger partial charge is 0.269 e. The quantitative estimate of drug-likeness (QED) is 0.286. The molecular formula is C23H22N4O7S. The fourth-order valence-electron chi connectivity index (χ4n) is 3.00.